The molecular formula is C16H22N2O2. The molecule has 2 aliphatic heterocycles. The summed E-state index contributed by atoms with van der Waals surface area (Å²) in [5.41, 5.74) is 1.23. The number of nitrogens with one attached hydrogen (secondary N) is 2. The summed E-state index contributed by atoms with van der Waals surface area (Å²) in [5, 5.41) is 6.33. The van der Waals surface area contributed by atoms with Crippen molar-refractivity contribution < 1.29 is 9.53 Å². The third-order valence-electron chi connectivity index (χ3n) is 4.40. The first kappa shape index (κ1) is 13.4. The first-order valence-electron chi connectivity index (χ1n) is 7.46. The van der Waals surface area contributed by atoms with E-state index in [0.29, 0.717) is 5.92 Å². The Bertz CT molecular complexity index is 497. The van der Waals surface area contributed by atoms with Crippen LogP contribution in [-0.4, -0.2) is 30.6 Å². The van der Waals surface area contributed by atoms with Crippen LogP contribution in [0.5, 0.6) is 5.75 Å². The Morgan fingerprint density at radius 1 is 1.45 bits per heavy atom. The van der Waals surface area contributed by atoms with E-state index >= 15 is 0 Å². The van der Waals surface area contributed by atoms with E-state index in [2.05, 4.69) is 23.6 Å². The Balaban J connectivity index is 1.64. The Morgan fingerprint density at radius 3 is 2.95 bits per heavy atom. The van der Waals surface area contributed by atoms with Crippen LogP contribution in [0.1, 0.15) is 38.2 Å². The van der Waals surface area contributed by atoms with Gasteiger partial charge in [0.1, 0.15) is 11.9 Å². The van der Waals surface area contributed by atoms with Crippen molar-refractivity contribution in [2.45, 2.75) is 50.8 Å². The van der Waals surface area contributed by atoms with Crippen molar-refractivity contribution >= 4 is 5.91 Å². The van der Waals surface area contributed by atoms with Crippen LogP contribution in [0.3, 0.4) is 0 Å². The fourth-order valence-electron chi connectivity index (χ4n) is 3.24. The van der Waals surface area contributed by atoms with E-state index in [9.17, 15) is 4.79 Å². The number of amides is 1. The minimum Gasteiger partial charge on any atom is -0.487 e. The minimum absolute atomic E-state index is 0.00676. The highest BCUT2D eigenvalue weighted by Gasteiger charge is 2.36. The zero-order chi connectivity index (χ0) is 14.1. The Labute approximate surface area is 119 Å². The molecule has 4 unspecified atom stereocenters. The molecule has 1 amide bonds. The van der Waals surface area contributed by atoms with Gasteiger partial charge >= 0.3 is 0 Å². The van der Waals surface area contributed by atoms with E-state index in [1.54, 1.807) is 0 Å². The minimum atomic E-state index is -0.0310. The van der Waals surface area contributed by atoms with Crippen LogP contribution >= 0.6 is 0 Å². The summed E-state index contributed by atoms with van der Waals surface area (Å²) in [6.07, 6.45) is 2.02. The number of fused-ring (bicyclic) bond motifs is 1. The van der Waals surface area contributed by atoms with Gasteiger partial charge in [-0.25, -0.2) is 0 Å². The standard InChI is InChI=1S/C16H22N2O2/c1-10-12-6-3-4-8-14(12)20-15(10)11(2)18-16(19)13-7-5-9-17-13/h3-4,6,8,10-11,13,15,17H,5,7,9H2,1-2H3,(H,18,19). The van der Waals surface area contributed by atoms with Crippen LogP contribution in [0.4, 0.5) is 0 Å². The van der Waals surface area contributed by atoms with E-state index in [-0.39, 0.29) is 24.1 Å². The smallest absolute Gasteiger partial charge is 0.237 e. The molecule has 4 nitrogen and oxygen atoms in total. The predicted molar refractivity (Wildman–Crippen MR) is 77.9 cm³/mol. The van der Waals surface area contributed by atoms with E-state index in [1.165, 1.54) is 5.56 Å². The van der Waals surface area contributed by atoms with Crippen molar-refractivity contribution in [2.24, 2.45) is 0 Å². The number of rotatable bonds is 3. The highest BCUT2D eigenvalue weighted by molar-refractivity contribution is 5.82. The molecule has 1 fully saturated rings. The molecule has 1 aromatic carbocycles. The van der Waals surface area contributed by atoms with Crippen LogP contribution in [0.15, 0.2) is 24.3 Å². The maximum absolute atomic E-state index is 12.2. The quantitative estimate of drug-likeness (QED) is 0.884. The molecule has 108 valence electrons. The fraction of sp³-hybridized carbons (Fsp3) is 0.562. The van der Waals surface area contributed by atoms with Gasteiger partial charge in [-0.3, -0.25) is 4.79 Å². The van der Waals surface area contributed by atoms with Crippen molar-refractivity contribution in [3.05, 3.63) is 29.8 Å². The van der Waals surface area contributed by atoms with Gasteiger partial charge in [0.05, 0.1) is 12.1 Å². The average molecular weight is 274 g/mol. The molecule has 0 radical (unpaired) electrons. The molecule has 20 heavy (non-hydrogen) atoms. The topological polar surface area (TPSA) is 50.4 Å². The monoisotopic (exact) mass is 274 g/mol. The highest BCUT2D eigenvalue weighted by atomic mass is 16.5. The van der Waals surface area contributed by atoms with E-state index in [4.69, 9.17) is 4.74 Å². The van der Waals surface area contributed by atoms with Gasteiger partial charge in [0.15, 0.2) is 0 Å². The van der Waals surface area contributed by atoms with Gasteiger partial charge in [0.2, 0.25) is 5.91 Å². The maximum atomic E-state index is 12.2. The van der Waals surface area contributed by atoms with Crippen molar-refractivity contribution in [3.63, 3.8) is 0 Å². The van der Waals surface area contributed by atoms with Gasteiger partial charge in [-0.05, 0) is 32.4 Å². The summed E-state index contributed by atoms with van der Waals surface area (Å²) in [5.74, 6) is 1.35. The number of hydrogen-bond donors (Lipinski definition) is 2. The zero-order valence-electron chi connectivity index (χ0n) is 12.1. The number of para-hydroxylation sites is 1. The van der Waals surface area contributed by atoms with Gasteiger partial charge in [-0.1, -0.05) is 25.1 Å². The number of carbonyl (C=O) groups is 1. The van der Waals surface area contributed by atoms with Crippen LogP contribution in [0, 0.1) is 0 Å². The second-order valence-corrected chi connectivity index (χ2v) is 5.86. The lowest BCUT2D eigenvalue weighted by Crippen LogP contribution is -2.50. The summed E-state index contributed by atoms with van der Waals surface area (Å²) in [6, 6.07) is 8.10. The van der Waals surface area contributed by atoms with Crippen molar-refractivity contribution in [1.82, 2.24) is 10.6 Å². The first-order chi connectivity index (χ1) is 9.66. The van der Waals surface area contributed by atoms with E-state index in [1.807, 2.05) is 25.1 Å². The first-order valence-corrected chi connectivity index (χ1v) is 7.46. The van der Waals surface area contributed by atoms with Crippen LogP contribution in [0.2, 0.25) is 0 Å². The van der Waals surface area contributed by atoms with Crippen LogP contribution < -0.4 is 15.4 Å². The second-order valence-electron chi connectivity index (χ2n) is 5.86. The summed E-state index contributed by atoms with van der Waals surface area (Å²) >= 11 is 0. The molecular weight excluding hydrogens is 252 g/mol. The SMILES string of the molecule is CC(NC(=O)C1CCCN1)C1Oc2ccccc2C1C. The van der Waals surface area contributed by atoms with Gasteiger partial charge in [-0.15, -0.1) is 0 Å². The van der Waals surface area contributed by atoms with Crippen molar-refractivity contribution in [2.75, 3.05) is 6.54 Å². The molecule has 2 aliphatic rings. The van der Waals surface area contributed by atoms with E-state index < -0.39 is 0 Å². The zero-order valence-corrected chi connectivity index (χ0v) is 12.1. The Morgan fingerprint density at radius 2 is 2.25 bits per heavy atom. The van der Waals surface area contributed by atoms with Crippen LogP contribution in [-0.2, 0) is 4.79 Å². The average Bonchev–Trinajstić information content (AvgIpc) is 3.07. The number of carbonyl (C=O) groups excluding carboxylic acids is 1. The van der Waals surface area contributed by atoms with Gasteiger partial charge in [0.25, 0.3) is 0 Å². The number of ether oxygens (including phenoxy) is 1. The van der Waals surface area contributed by atoms with Gasteiger partial charge in [-0.2, -0.15) is 0 Å². The molecule has 1 aromatic rings. The summed E-state index contributed by atoms with van der Waals surface area (Å²) < 4.78 is 6.01. The molecule has 4 heteroatoms. The lowest BCUT2D eigenvalue weighted by Gasteiger charge is -2.25. The van der Waals surface area contributed by atoms with Gasteiger partial charge in [0, 0.05) is 11.5 Å². The molecule has 0 saturated carbocycles. The molecule has 2 N–H and O–H groups in total. The van der Waals surface area contributed by atoms with Crippen molar-refractivity contribution in [1.29, 1.82) is 0 Å². The maximum Gasteiger partial charge on any atom is 0.237 e. The molecule has 4 atom stereocenters. The molecule has 1 saturated heterocycles. The fourth-order valence-corrected chi connectivity index (χ4v) is 3.24. The normalized spacial score (nSPS) is 29.6. The molecule has 0 spiro atoms. The number of benzene rings is 1. The third kappa shape index (κ3) is 2.40. The Kier molecular flexibility index (Phi) is 3.66. The third-order valence-corrected chi connectivity index (χ3v) is 4.40. The van der Waals surface area contributed by atoms with Crippen LogP contribution in [0.25, 0.3) is 0 Å². The Hall–Kier alpha value is -1.55. The summed E-state index contributed by atoms with van der Waals surface area (Å²) in [4.78, 5) is 12.2. The van der Waals surface area contributed by atoms with Crippen molar-refractivity contribution in [3.8, 4) is 5.75 Å². The molecule has 3 rings (SSSR count). The number of hydrogen-bond acceptors (Lipinski definition) is 3. The molecule has 0 bridgehead atoms. The van der Waals surface area contributed by atoms with Gasteiger partial charge < -0.3 is 15.4 Å². The highest BCUT2D eigenvalue weighted by Crippen LogP contribution is 2.38. The molecule has 0 aromatic heterocycles. The molecule has 0 aliphatic carbocycles. The lowest BCUT2D eigenvalue weighted by molar-refractivity contribution is -0.124. The summed E-state index contributed by atoms with van der Waals surface area (Å²) in [7, 11) is 0. The molecule has 2 heterocycles. The lowest BCUT2D eigenvalue weighted by atomic mass is 9.93. The predicted octanol–water partition coefficient (Wildman–Crippen LogP) is 1.81. The summed E-state index contributed by atoms with van der Waals surface area (Å²) in [6.45, 7) is 5.13. The largest absolute Gasteiger partial charge is 0.487 e. The second kappa shape index (κ2) is 5.44. The van der Waals surface area contributed by atoms with E-state index in [0.717, 1.165) is 25.1 Å².